The SMILES string of the molecule is CO[C@H]1CN[C@@H](C(=O)Nc2cc(C(CCC3CC3)(NS(=O)C(C)(C)C)c3ccncc3)ccc2F)C1. The zero-order valence-corrected chi connectivity index (χ0v) is 22.3. The molecule has 1 aromatic heterocycles. The van der Waals surface area contributed by atoms with Crippen LogP contribution in [0.15, 0.2) is 42.7 Å². The summed E-state index contributed by atoms with van der Waals surface area (Å²) in [4.78, 5) is 17.1. The molecular formula is C27H37FN4O3S. The van der Waals surface area contributed by atoms with Gasteiger partial charge in [-0.2, -0.15) is 0 Å². The Morgan fingerprint density at radius 1 is 1.19 bits per heavy atom. The van der Waals surface area contributed by atoms with Crippen molar-refractivity contribution in [2.24, 2.45) is 5.92 Å². The van der Waals surface area contributed by atoms with Crippen LogP contribution in [-0.4, -0.2) is 45.6 Å². The lowest BCUT2D eigenvalue weighted by Crippen LogP contribution is -2.49. The van der Waals surface area contributed by atoms with Gasteiger partial charge in [0.25, 0.3) is 0 Å². The number of benzene rings is 1. The van der Waals surface area contributed by atoms with E-state index in [1.165, 1.54) is 18.9 Å². The van der Waals surface area contributed by atoms with Gasteiger partial charge in [0.05, 0.1) is 39.1 Å². The fourth-order valence-electron chi connectivity index (χ4n) is 4.59. The lowest BCUT2D eigenvalue weighted by molar-refractivity contribution is -0.118. The highest BCUT2D eigenvalue weighted by Gasteiger charge is 2.40. The van der Waals surface area contributed by atoms with Crippen LogP contribution in [0.25, 0.3) is 0 Å². The summed E-state index contributed by atoms with van der Waals surface area (Å²) in [5.74, 6) is -0.182. The number of hydrogen-bond acceptors (Lipinski definition) is 5. The summed E-state index contributed by atoms with van der Waals surface area (Å²) in [6.45, 7) is 6.34. The third-order valence-corrected chi connectivity index (χ3v) is 8.72. The lowest BCUT2D eigenvalue weighted by Gasteiger charge is -2.38. The van der Waals surface area contributed by atoms with Crippen LogP contribution in [0.4, 0.5) is 10.1 Å². The number of rotatable bonds is 10. The van der Waals surface area contributed by atoms with Crippen LogP contribution in [0.2, 0.25) is 0 Å². The molecule has 2 aliphatic rings. The highest BCUT2D eigenvalue weighted by molar-refractivity contribution is 7.84. The molecule has 7 nitrogen and oxygen atoms in total. The Kier molecular flexibility index (Phi) is 8.24. The van der Waals surface area contributed by atoms with E-state index in [9.17, 15) is 13.4 Å². The molecule has 2 heterocycles. The Morgan fingerprint density at radius 2 is 1.92 bits per heavy atom. The van der Waals surface area contributed by atoms with Crippen molar-refractivity contribution in [2.45, 2.75) is 75.3 Å². The number of halogens is 1. The van der Waals surface area contributed by atoms with E-state index in [0.717, 1.165) is 17.5 Å². The van der Waals surface area contributed by atoms with Gasteiger partial charge in [-0.3, -0.25) is 9.78 Å². The third-order valence-electron chi connectivity index (χ3n) is 7.08. The van der Waals surface area contributed by atoms with Crippen LogP contribution in [0.3, 0.4) is 0 Å². The van der Waals surface area contributed by atoms with Crippen LogP contribution >= 0.6 is 0 Å². The highest BCUT2D eigenvalue weighted by Crippen LogP contribution is 2.42. The smallest absolute Gasteiger partial charge is 0.241 e. The minimum atomic E-state index is -1.41. The first-order chi connectivity index (χ1) is 17.1. The first-order valence-corrected chi connectivity index (χ1v) is 13.7. The maximum Gasteiger partial charge on any atom is 0.241 e. The Hall–Kier alpha value is -2.20. The van der Waals surface area contributed by atoms with E-state index in [4.69, 9.17) is 4.74 Å². The number of hydrogen-bond donors (Lipinski definition) is 3. The largest absolute Gasteiger partial charge is 0.380 e. The second kappa shape index (κ2) is 11.0. The van der Waals surface area contributed by atoms with Crippen molar-refractivity contribution in [2.75, 3.05) is 19.0 Å². The molecular weight excluding hydrogens is 479 g/mol. The summed E-state index contributed by atoms with van der Waals surface area (Å²) in [6.07, 6.45) is 7.92. The van der Waals surface area contributed by atoms with Crippen molar-refractivity contribution in [3.63, 3.8) is 0 Å². The fraction of sp³-hybridized carbons (Fsp3) is 0.556. The predicted octanol–water partition coefficient (Wildman–Crippen LogP) is 4.02. The van der Waals surface area contributed by atoms with Crippen molar-refractivity contribution in [1.29, 1.82) is 0 Å². The molecule has 36 heavy (non-hydrogen) atoms. The number of ether oxygens (including phenoxy) is 1. The molecule has 1 saturated heterocycles. The van der Waals surface area contributed by atoms with Crippen molar-refractivity contribution >= 4 is 22.6 Å². The van der Waals surface area contributed by atoms with Gasteiger partial charge in [0.2, 0.25) is 5.91 Å². The lowest BCUT2D eigenvalue weighted by atomic mass is 9.79. The number of anilines is 1. The molecule has 0 bridgehead atoms. The van der Waals surface area contributed by atoms with Gasteiger partial charge >= 0.3 is 0 Å². The quantitative estimate of drug-likeness (QED) is 0.444. The molecule has 3 N–H and O–H groups in total. The van der Waals surface area contributed by atoms with Gasteiger partial charge in [-0.15, -0.1) is 0 Å². The van der Waals surface area contributed by atoms with Crippen molar-refractivity contribution < 1.29 is 18.1 Å². The molecule has 9 heteroatoms. The summed E-state index contributed by atoms with van der Waals surface area (Å²) < 4.78 is 36.7. The van der Waals surface area contributed by atoms with E-state index < -0.39 is 33.1 Å². The zero-order valence-electron chi connectivity index (χ0n) is 21.5. The van der Waals surface area contributed by atoms with Gasteiger partial charge in [0.15, 0.2) is 0 Å². The molecule has 0 spiro atoms. The number of nitrogens with one attached hydrogen (secondary N) is 3. The molecule has 1 aromatic carbocycles. The van der Waals surface area contributed by atoms with Crippen LogP contribution in [0, 0.1) is 11.7 Å². The van der Waals surface area contributed by atoms with E-state index in [0.29, 0.717) is 25.3 Å². The van der Waals surface area contributed by atoms with Gasteiger partial charge in [0.1, 0.15) is 5.82 Å². The van der Waals surface area contributed by atoms with E-state index in [-0.39, 0.29) is 17.7 Å². The molecule has 196 valence electrons. The summed E-state index contributed by atoms with van der Waals surface area (Å²) in [7, 11) is 0.209. The number of nitrogens with zero attached hydrogens (tertiary/aromatic N) is 1. The molecule has 2 fully saturated rings. The number of pyridine rings is 1. The summed E-state index contributed by atoms with van der Waals surface area (Å²) in [6, 6.07) is 8.14. The molecule has 1 saturated carbocycles. The van der Waals surface area contributed by atoms with Crippen LogP contribution in [0.1, 0.15) is 64.0 Å². The Bertz CT molecular complexity index is 1090. The normalized spacial score (nSPS) is 22.7. The molecule has 1 amide bonds. The molecule has 0 radical (unpaired) electrons. The molecule has 4 atom stereocenters. The summed E-state index contributed by atoms with van der Waals surface area (Å²) in [5, 5.41) is 5.90. The number of carbonyl (C=O) groups excluding carboxylic acids is 1. The summed E-state index contributed by atoms with van der Waals surface area (Å²) >= 11 is 0. The second-order valence-electron chi connectivity index (χ2n) is 10.8. The number of carbonyl (C=O) groups is 1. The van der Waals surface area contributed by atoms with Crippen LogP contribution in [-0.2, 0) is 26.1 Å². The Labute approximate surface area is 215 Å². The van der Waals surface area contributed by atoms with Crippen LogP contribution in [0.5, 0.6) is 0 Å². The standard InChI is InChI=1S/C27H37FN4O3S/c1-26(2,3)36(34)32-27(12-9-18-5-6-18,19-10-13-29-14-11-19)20-7-8-22(28)23(15-20)31-25(33)24-16-21(35-4)17-30-24/h7-8,10-11,13-15,18,21,24,30,32H,5-6,9,12,16-17H2,1-4H3,(H,31,33)/t21-,24-,27?,36?/m1/s1. The van der Waals surface area contributed by atoms with Crippen molar-refractivity contribution in [3.8, 4) is 0 Å². The van der Waals surface area contributed by atoms with E-state index in [1.54, 1.807) is 31.6 Å². The first kappa shape index (κ1) is 26.9. The van der Waals surface area contributed by atoms with Crippen molar-refractivity contribution in [1.82, 2.24) is 15.0 Å². The van der Waals surface area contributed by atoms with Crippen molar-refractivity contribution in [3.05, 3.63) is 59.7 Å². The molecule has 2 unspecified atom stereocenters. The molecule has 1 aliphatic carbocycles. The first-order valence-electron chi connectivity index (χ1n) is 12.6. The Morgan fingerprint density at radius 3 is 2.53 bits per heavy atom. The maximum absolute atomic E-state index is 15.0. The minimum absolute atomic E-state index is 0.0460. The molecule has 2 aromatic rings. The molecule has 4 rings (SSSR count). The number of amides is 1. The van der Waals surface area contributed by atoms with Gasteiger partial charge in [0, 0.05) is 26.0 Å². The maximum atomic E-state index is 15.0. The average Bonchev–Trinajstić information content (AvgIpc) is 3.56. The number of aromatic nitrogens is 1. The topological polar surface area (TPSA) is 92.4 Å². The minimum Gasteiger partial charge on any atom is -0.380 e. The summed E-state index contributed by atoms with van der Waals surface area (Å²) in [5.41, 5.74) is 0.912. The molecule has 1 aliphatic heterocycles. The van der Waals surface area contributed by atoms with Gasteiger partial charge in [-0.05, 0) is 81.3 Å². The van der Waals surface area contributed by atoms with Crippen LogP contribution < -0.4 is 15.4 Å². The number of methoxy groups -OCH3 is 1. The zero-order chi connectivity index (χ0) is 25.9. The Balaban J connectivity index is 1.72. The average molecular weight is 517 g/mol. The predicted molar refractivity (Wildman–Crippen MR) is 140 cm³/mol. The van der Waals surface area contributed by atoms with Gasteiger partial charge in [-0.1, -0.05) is 18.9 Å². The van der Waals surface area contributed by atoms with Gasteiger partial charge < -0.3 is 15.4 Å². The second-order valence-corrected chi connectivity index (χ2v) is 12.8. The fourth-order valence-corrected chi connectivity index (χ4v) is 5.55. The third kappa shape index (κ3) is 6.19. The monoisotopic (exact) mass is 516 g/mol. The highest BCUT2D eigenvalue weighted by atomic mass is 32.2. The van der Waals surface area contributed by atoms with E-state index in [2.05, 4.69) is 20.3 Å². The van der Waals surface area contributed by atoms with E-state index in [1.807, 2.05) is 32.9 Å². The van der Waals surface area contributed by atoms with Gasteiger partial charge in [-0.25, -0.2) is 13.3 Å². The van der Waals surface area contributed by atoms with E-state index >= 15 is 0 Å².